The number of nitrogens with zero attached hydrogens (tertiary/aromatic N) is 3. The summed E-state index contributed by atoms with van der Waals surface area (Å²) in [5, 5.41) is 19.0. The standard InChI is InChI=1S/C18H18N4O4S/c1-13(20-26-2)18(21-24)16(27(25)15-11-7-4-8-12-15)19-22(17(18)23)14-9-5-3-6-10-14/h3-12,21,24H,1-2H3/b20-13+. The third kappa shape index (κ3) is 3.21. The highest BCUT2D eigenvalue weighted by Crippen LogP contribution is 2.32. The quantitative estimate of drug-likeness (QED) is 0.463. The van der Waals surface area contributed by atoms with Gasteiger partial charge in [0.25, 0.3) is 16.5 Å². The molecule has 0 saturated heterocycles. The number of para-hydroxylation sites is 1. The molecule has 1 heterocycles. The summed E-state index contributed by atoms with van der Waals surface area (Å²) in [4.78, 5) is 18.5. The number of hydrazone groups is 1. The summed E-state index contributed by atoms with van der Waals surface area (Å²) >= 11 is -1.84. The summed E-state index contributed by atoms with van der Waals surface area (Å²) in [6.45, 7) is 1.48. The second kappa shape index (κ2) is 7.89. The number of rotatable bonds is 5. The Morgan fingerprint density at radius 2 is 1.81 bits per heavy atom. The summed E-state index contributed by atoms with van der Waals surface area (Å²) in [7, 11) is 1.31. The van der Waals surface area contributed by atoms with Crippen LogP contribution in [-0.2, 0) is 20.8 Å². The predicted octanol–water partition coefficient (Wildman–Crippen LogP) is 1.89. The number of hydrogen-bond acceptors (Lipinski definition) is 7. The number of anilines is 1. The summed E-state index contributed by atoms with van der Waals surface area (Å²) in [6.07, 6.45) is 0. The highest BCUT2D eigenvalue weighted by atomic mass is 32.2. The van der Waals surface area contributed by atoms with Gasteiger partial charge in [-0.25, -0.2) is 0 Å². The molecule has 1 amide bonds. The fourth-order valence-electron chi connectivity index (χ4n) is 2.73. The average Bonchev–Trinajstić information content (AvgIpc) is 3.02. The lowest BCUT2D eigenvalue weighted by molar-refractivity contribution is -0.122. The van der Waals surface area contributed by atoms with Gasteiger partial charge >= 0.3 is 0 Å². The lowest BCUT2D eigenvalue weighted by Crippen LogP contribution is -2.63. The molecule has 0 radical (unpaired) electrons. The van der Waals surface area contributed by atoms with Crippen molar-refractivity contribution in [2.45, 2.75) is 17.4 Å². The van der Waals surface area contributed by atoms with E-state index in [1.807, 2.05) is 5.48 Å². The molecule has 0 aromatic heterocycles. The molecule has 0 fully saturated rings. The molecule has 1 aliphatic heterocycles. The van der Waals surface area contributed by atoms with Crippen molar-refractivity contribution in [2.75, 3.05) is 12.1 Å². The Balaban J connectivity index is 2.17. The van der Waals surface area contributed by atoms with Crippen LogP contribution >= 0.6 is 0 Å². The molecule has 1 aliphatic rings. The van der Waals surface area contributed by atoms with E-state index >= 15 is 0 Å². The molecular weight excluding hydrogens is 368 g/mol. The first-order valence-corrected chi connectivity index (χ1v) is 9.16. The van der Waals surface area contributed by atoms with Crippen LogP contribution in [0.15, 0.2) is 75.8 Å². The van der Waals surface area contributed by atoms with Crippen molar-refractivity contribution in [2.24, 2.45) is 10.3 Å². The highest BCUT2D eigenvalue weighted by Gasteiger charge is 2.61. The maximum atomic E-state index is 13.2. The first-order chi connectivity index (χ1) is 13.1. The fraction of sp³-hybridized carbons (Fsp3) is 0.167. The maximum Gasteiger partial charge on any atom is 0.287 e. The molecule has 27 heavy (non-hydrogen) atoms. The van der Waals surface area contributed by atoms with Crippen molar-refractivity contribution >= 4 is 33.5 Å². The van der Waals surface area contributed by atoms with Gasteiger partial charge in [-0.2, -0.15) is 10.5 Å². The van der Waals surface area contributed by atoms with Gasteiger partial charge in [0.05, 0.1) is 11.4 Å². The van der Waals surface area contributed by atoms with Gasteiger partial charge in [0.2, 0.25) is 0 Å². The first-order valence-electron chi connectivity index (χ1n) is 8.01. The van der Waals surface area contributed by atoms with Crippen molar-refractivity contribution in [3.63, 3.8) is 0 Å². The third-order valence-electron chi connectivity index (χ3n) is 4.10. The van der Waals surface area contributed by atoms with E-state index in [1.54, 1.807) is 60.7 Å². The molecule has 140 valence electrons. The first kappa shape index (κ1) is 19.1. The molecule has 2 aromatic rings. The Morgan fingerprint density at radius 3 is 2.37 bits per heavy atom. The number of nitrogens with one attached hydrogen (secondary N) is 1. The lowest BCUT2D eigenvalue weighted by atomic mass is 9.96. The molecule has 0 aliphatic carbocycles. The number of benzene rings is 2. The fourth-order valence-corrected chi connectivity index (χ4v) is 4.07. The molecule has 2 unspecified atom stereocenters. The monoisotopic (exact) mass is 386 g/mol. The molecule has 0 spiro atoms. The van der Waals surface area contributed by atoms with E-state index < -0.39 is 22.6 Å². The molecule has 2 atom stereocenters. The zero-order valence-corrected chi connectivity index (χ0v) is 15.5. The zero-order valence-electron chi connectivity index (χ0n) is 14.7. The van der Waals surface area contributed by atoms with E-state index in [0.29, 0.717) is 10.6 Å². The van der Waals surface area contributed by atoms with Gasteiger partial charge in [0.1, 0.15) is 7.11 Å². The van der Waals surface area contributed by atoms with Crippen molar-refractivity contribution in [1.29, 1.82) is 0 Å². The molecule has 3 rings (SSSR count). The lowest BCUT2D eigenvalue weighted by Gasteiger charge is -2.26. The van der Waals surface area contributed by atoms with Crippen molar-refractivity contribution < 1.29 is 19.4 Å². The number of hydrogen-bond donors (Lipinski definition) is 2. The molecule has 8 nitrogen and oxygen atoms in total. The van der Waals surface area contributed by atoms with Gasteiger partial charge in [0, 0.05) is 11.2 Å². The van der Waals surface area contributed by atoms with E-state index in [4.69, 9.17) is 4.84 Å². The Hall–Kier alpha value is -2.72. The summed E-state index contributed by atoms with van der Waals surface area (Å²) < 4.78 is 13.2. The van der Waals surface area contributed by atoms with Gasteiger partial charge in [-0.1, -0.05) is 41.6 Å². The van der Waals surface area contributed by atoms with E-state index in [9.17, 15) is 14.6 Å². The number of carbonyl (C=O) groups is 1. The van der Waals surface area contributed by atoms with Crippen LogP contribution in [0.2, 0.25) is 0 Å². The minimum absolute atomic E-state index is 0.0685. The zero-order chi connectivity index (χ0) is 19.4. The summed E-state index contributed by atoms with van der Waals surface area (Å²) in [6, 6.07) is 17.2. The summed E-state index contributed by atoms with van der Waals surface area (Å²) in [5.41, 5.74) is 0.610. The second-order valence-electron chi connectivity index (χ2n) is 5.66. The van der Waals surface area contributed by atoms with Gasteiger partial charge in [0.15, 0.2) is 4.90 Å². The molecule has 0 bridgehead atoms. The van der Waals surface area contributed by atoms with Crippen LogP contribution in [0, 0.1) is 0 Å². The van der Waals surface area contributed by atoms with Crippen LogP contribution in [-0.4, -0.2) is 39.1 Å². The van der Waals surface area contributed by atoms with Crippen LogP contribution in [0.25, 0.3) is 0 Å². The maximum absolute atomic E-state index is 13.2. The molecular formula is C18H18N4O4S. The largest absolute Gasteiger partial charge is 0.605 e. The topological polar surface area (TPSA) is 110 Å². The number of hydroxylamine groups is 1. The molecule has 0 saturated carbocycles. The minimum Gasteiger partial charge on any atom is -0.605 e. The van der Waals surface area contributed by atoms with Crippen LogP contribution in [0.5, 0.6) is 0 Å². The Morgan fingerprint density at radius 1 is 1.22 bits per heavy atom. The average molecular weight is 386 g/mol. The summed E-state index contributed by atoms with van der Waals surface area (Å²) in [5.74, 6) is -0.645. The number of carbonyl (C=O) groups excluding carboxylic acids is 1. The van der Waals surface area contributed by atoms with Gasteiger partial charge in [-0.05, 0) is 31.2 Å². The van der Waals surface area contributed by atoms with Crippen LogP contribution in [0.1, 0.15) is 6.92 Å². The van der Waals surface area contributed by atoms with Crippen molar-refractivity contribution in [3.05, 3.63) is 60.7 Å². The van der Waals surface area contributed by atoms with Crippen LogP contribution < -0.4 is 10.5 Å². The van der Waals surface area contributed by atoms with Gasteiger partial charge < -0.3 is 14.6 Å². The minimum atomic E-state index is -1.91. The van der Waals surface area contributed by atoms with Gasteiger partial charge in [-0.15, -0.1) is 5.10 Å². The Labute approximate surface area is 159 Å². The van der Waals surface area contributed by atoms with Crippen LogP contribution in [0.3, 0.4) is 0 Å². The number of oxime groups is 1. The predicted molar refractivity (Wildman–Crippen MR) is 102 cm³/mol. The van der Waals surface area contributed by atoms with Crippen molar-refractivity contribution in [1.82, 2.24) is 5.48 Å². The van der Waals surface area contributed by atoms with E-state index in [0.717, 1.165) is 5.01 Å². The molecule has 2 aromatic carbocycles. The molecule has 9 heteroatoms. The normalized spacial score (nSPS) is 21.2. The SMILES string of the molecule is CO/N=C(\C)C1(NO)C(=O)N(c2ccccc2)N=C1[S+]([O-])c1ccccc1. The Kier molecular flexibility index (Phi) is 5.57. The smallest absolute Gasteiger partial charge is 0.287 e. The van der Waals surface area contributed by atoms with E-state index in [1.165, 1.54) is 14.0 Å². The van der Waals surface area contributed by atoms with Crippen LogP contribution in [0.4, 0.5) is 5.69 Å². The van der Waals surface area contributed by atoms with Crippen molar-refractivity contribution in [3.8, 4) is 0 Å². The number of amides is 1. The second-order valence-corrected chi connectivity index (χ2v) is 7.06. The highest BCUT2D eigenvalue weighted by molar-refractivity contribution is 8.07. The third-order valence-corrected chi connectivity index (χ3v) is 5.54. The molecule has 2 N–H and O–H groups in total. The van der Waals surface area contributed by atoms with E-state index in [2.05, 4.69) is 10.3 Å². The van der Waals surface area contributed by atoms with Gasteiger partial charge in [-0.3, -0.25) is 4.79 Å². The van der Waals surface area contributed by atoms with E-state index in [-0.39, 0.29) is 10.8 Å². The Bertz CT molecular complexity index is 875.